The van der Waals surface area contributed by atoms with Gasteiger partial charge >= 0.3 is 52.4 Å². The summed E-state index contributed by atoms with van der Waals surface area (Å²) >= 11 is 0. The first kappa shape index (κ1) is 83.2. The molecule has 0 aromatic heterocycles. The third kappa shape index (κ3) is 30.2. The molecule has 0 saturated heterocycles. The standard InChI is InChI=1S/C47H62N2O2.6C7H7.2Zr/c1-28(2)38-17-15-18-39(29(3)4)42(38)48-26-34-24-36(46(9,10)11)22-32(44(34)50)21-33-23-37(47(12,13)14)25-35(45(33)51)27-49-43-40(30(5)6)19-16-20-41(43)31(7)8;6*1-7-5-3-2-4-6-7;;/h15-20,22-31,50-51H,21H2,1-14H3;6*2-6H,1H2;;/q;6*-1;2*+3. The fourth-order valence-electron chi connectivity index (χ4n) is 9.43. The second kappa shape index (κ2) is 42.5. The van der Waals surface area contributed by atoms with Gasteiger partial charge in [-0.1, -0.05) is 182 Å². The Kier molecular flexibility index (Phi) is 37.3. The van der Waals surface area contributed by atoms with Crippen LogP contribution in [0.5, 0.6) is 11.5 Å². The van der Waals surface area contributed by atoms with Crippen molar-refractivity contribution in [3.8, 4) is 11.5 Å². The Morgan fingerprint density at radius 2 is 0.516 bits per heavy atom. The third-order valence-corrected chi connectivity index (χ3v) is 15.0. The van der Waals surface area contributed by atoms with Crippen LogP contribution in [0.15, 0.2) is 253 Å². The average molecular weight is 1420 g/mol. The van der Waals surface area contributed by atoms with Crippen molar-refractivity contribution < 1.29 is 62.6 Å². The number of rotatable bonds is 10. The molecule has 0 atom stereocenters. The molecule has 0 fully saturated rings. The van der Waals surface area contributed by atoms with Crippen LogP contribution in [-0.4, -0.2) is 22.6 Å². The number of hydrogen-bond donors (Lipinski definition) is 2. The third-order valence-electron chi connectivity index (χ3n) is 15.0. The molecule has 10 aromatic carbocycles. The van der Waals surface area contributed by atoms with Crippen LogP contribution in [0.4, 0.5) is 11.4 Å². The normalized spacial score (nSPS) is 10.7. The Bertz CT molecular complexity index is 3310. The molecule has 0 aliphatic carbocycles. The van der Waals surface area contributed by atoms with Crippen LogP contribution >= 0.6 is 0 Å². The quantitative estimate of drug-likeness (QED) is 0.106. The van der Waals surface area contributed by atoms with Gasteiger partial charge in [-0.25, -0.2) is 0 Å². The van der Waals surface area contributed by atoms with Gasteiger partial charge in [-0.2, -0.15) is 148 Å². The molecule has 2 N–H and O–H groups in total. The summed E-state index contributed by atoms with van der Waals surface area (Å²) in [7, 11) is 0. The van der Waals surface area contributed by atoms with Gasteiger partial charge in [0, 0.05) is 30.0 Å². The molecule has 0 bridgehead atoms. The van der Waals surface area contributed by atoms with Crippen molar-refractivity contribution in [2.24, 2.45) is 9.98 Å². The van der Waals surface area contributed by atoms with Gasteiger partial charge in [0.1, 0.15) is 11.5 Å². The summed E-state index contributed by atoms with van der Waals surface area (Å²) in [6.07, 6.45) is 4.00. The summed E-state index contributed by atoms with van der Waals surface area (Å²) in [6.45, 7) is 53.0. The number of phenols is 2. The van der Waals surface area contributed by atoms with Crippen molar-refractivity contribution in [2.75, 3.05) is 0 Å². The Labute approximate surface area is 613 Å². The second-order valence-electron chi connectivity index (χ2n) is 26.4. The number of aromatic hydroxyl groups is 2. The van der Waals surface area contributed by atoms with Gasteiger partial charge in [0.05, 0.1) is 11.4 Å². The minimum absolute atomic E-state index is 0. The van der Waals surface area contributed by atoms with Gasteiger partial charge in [-0.3, -0.25) is 9.98 Å². The summed E-state index contributed by atoms with van der Waals surface area (Å²) in [5.41, 5.74) is 17.8. The molecule has 6 heteroatoms. The van der Waals surface area contributed by atoms with Crippen LogP contribution in [0.2, 0.25) is 0 Å². The van der Waals surface area contributed by atoms with E-state index in [1.165, 1.54) is 22.3 Å². The Balaban J connectivity index is 0.000000545. The van der Waals surface area contributed by atoms with Crippen LogP contribution in [-0.2, 0) is 69.7 Å². The van der Waals surface area contributed by atoms with Gasteiger partial charge in [0.2, 0.25) is 0 Å². The van der Waals surface area contributed by atoms with Crippen molar-refractivity contribution >= 4 is 23.8 Å². The maximum absolute atomic E-state index is 11.9. The molecule has 490 valence electrons. The Hall–Kier alpha value is -7.87. The van der Waals surface area contributed by atoms with Crippen molar-refractivity contribution in [3.05, 3.63) is 373 Å². The van der Waals surface area contributed by atoms with E-state index in [-0.39, 0.29) is 74.7 Å². The van der Waals surface area contributed by atoms with E-state index in [9.17, 15) is 10.2 Å². The van der Waals surface area contributed by atoms with Crippen molar-refractivity contribution in [3.63, 3.8) is 0 Å². The molecule has 0 unspecified atom stereocenters. The predicted molar refractivity (Wildman–Crippen MR) is 406 cm³/mol. The minimum atomic E-state index is -0.172. The molecule has 10 aromatic rings. The molecule has 0 amide bonds. The molecule has 0 aliphatic heterocycles. The van der Waals surface area contributed by atoms with E-state index in [1.54, 1.807) is 0 Å². The molecular weight excluding hydrogens is 1310 g/mol. The molecule has 0 aliphatic rings. The fraction of sp³-hybridized carbons (Fsp3) is 0.236. The molecule has 0 spiro atoms. The average Bonchev–Trinajstić information content (AvgIpc) is 0.799. The maximum atomic E-state index is 11.9. The summed E-state index contributed by atoms with van der Waals surface area (Å²) in [4.78, 5) is 10.1. The first-order valence-corrected chi connectivity index (χ1v) is 32.4. The summed E-state index contributed by atoms with van der Waals surface area (Å²) in [6, 6.07) is 80.3. The van der Waals surface area contributed by atoms with Gasteiger partial charge < -0.3 is 10.2 Å². The van der Waals surface area contributed by atoms with Crippen LogP contribution in [0.3, 0.4) is 0 Å². The zero-order valence-corrected chi connectivity index (χ0v) is 64.2. The molecule has 10 rings (SSSR count). The van der Waals surface area contributed by atoms with E-state index in [0.29, 0.717) is 41.2 Å². The molecule has 0 saturated carbocycles. The zero-order valence-electron chi connectivity index (χ0n) is 59.3. The number of nitrogens with zero attached hydrogens (tertiary/aromatic N) is 2. The van der Waals surface area contributed by atoms with E-state index < -0.39 is 0 Å². The summed E-state index contributed by atoms with van der Waals surface area (Å²) < 4.78 is 0. The van der Waals surface area contributed by atoms with Crippen LogP contribution in [0.1, 0.15) is 210 Å². The van der Waals surface area contributed by atoms with E-state index >= 15 is 0 Å². The van der Waals surface area contributed by atoms with Gasteiger partial charge in [-0.15, -0.1) is 72.8 Å². The summed E-state index contributed by atoms with van der Waals surface area (Å²) in [5.74, 6) is 1.62. The van der Waals surface area contributed by atoms with Crippen LogP contribution < -0.4 is 0 Å². The first-order valence-electron chi connectivity index (χ1n) is 32.4. The second-order valence-corrected chi connectivity index (χ2v) is 26.4. The largest absolute Gasteiger partial charge is 3.00 e. The SMILES string of the molecule is CC(C)c1cccc(C(C)C)c1N=Cc1cc(C(C)(C)C)cc(Cc2cc(C(C)(C)C)cc(C=Nc3c(C(C)C)cccc3C(C)C)c2O)c1O.[CH2-]c1ccccc1.[CH2-]c1ccccc1.[CH2-]c1ccccc1.[CH2-]c1ccccc1.[CH2-]c1ccccc1.[CH2-]c1ccccc1.[Zr+3].[Zr+3]. The Morgan fingerprint density at radius 1 is 0.316 bits per heavy atom. The van der Waals surface area contributed by atoms with Crippen molar-refractivity contribution in [2.45, 2.75) is 138 Å². The van der Waals surface area contributed by atoms with Gasteiger partial charge in [0.15, 0.2) is 0 Å². The fourth-order valence-corrected chi connectivity index (χ4v) is 9.43. The number of para-hydroxylation sites is 2. The molecule has 4 nitrogen and oxygen atoms in total. The minimum Gasteiger partial charge on any atom is -0.507 e. The van der Waals surface area contributed by atoms with Crippen LogP contribution in [0.25, 0.3) is 0 Å². The predicted octanol–water partition coefficient (Wildman–Crippen LogP) is 24.5. The van der Waals surface area contributed by atoms with Crippen LogP contribution in [0, 0.1) is 41.5 Å². The smallest absolute Gasteiger partial charge is 0.507 e. The van der Waals surface area contributed by atoms with Crippen molar-refractivity contribution in [1.82, 2.24) is 0 Å². The van der Waals surface area contributed by atoms with Gasteiger partial charge in [0.25, 0.3) is 0 Å². The zero-order chi connectivity index (χ0) is 68.7. The van der Waals surface area contributed by atoms with E-state index in [2.05, 4.69) is 199 Å². The molecule has 95 heavy (non-hydrogen) atoms. The number of hydrogen-bond acceptors (Lipinski definition) is 4. The molecule has 0 heterocycles. The number of benzene rings is 10. The van der Waals surface area contributed by atoms with Crippen molar-refractivity contribution in [1.29, 1.82) is 0 Å². The monoisotopic (exact) mass is 1410 g/mol. The van der Waals surface area contributed by atoms with Gasteiger partial charge in [-0.05, 0) is 91.1 Å². The Morgan fingerprint density at radius 3 is 0.674 bits per heavy atom. The number of aliphatic imine (C=N–C) groups is 2. The number of phenolic OH excluding ortho intramolecular Hbond substituents is 2. The van der Waals surface area contributed by atoms with E-state index in [4.69, 9.17) is 9.98 Å². The molecule has 2 radical (unpaired) electrons. The van der Waals surface area contributed by atoms with E-state index in [1.807, 2.05) is 194 Å². The summed E-state index contributed by atoms with van der Waals surface area (Å²) in [5, 5.41) is 23.8. The first-order chi connectivity index (χ1) is 44.1. The van der Waals surface area contributed by atoms with E-state index in [0.717, 1.165) is 67.0 Å². The maximum Gasteiger partial charge on any atom is 3.00 e. The topological polar surface area (TPSA) is 65.2 Å². The molecular formula is C89H104N2O2Zr2.